The summed E-state index contributed by atoms with van der Waals surface area (Å²) in [5.41, 5.74) is 0.365. The summed E-state index contributed by atoms with van der Waals surface area (Å²) in [7, 11) is 0. The summed E-state index contributed by atoms with van der Waals surface area (Å²) in [6, 6.07) is 4.67. The molecule has 2 rings (SSSR count). The Bertz CT molecular complexity index is 672. The van der Waals surface area contributed by atoms with Gasteiger partial charge in [-0.15, -0.1) is 0 Å². The molecule has 1 N–H and O–H groups in total. The number of rotatable bonds is 5. The number of aliphatic carboxylic acids is 1. The van der Waals surface area contributed by atoms with Crippen molar-refractivity contribution < 1.29 is 27.5 Å². The number of halogens is 3. The molecule has 116 valence electrons. The third kappa shape index (κ3) is 4.47. The molecular weight excluding hydrogens is 299 g/mol. The molecule has 0 saturated heterocycles. The standard InChI is InChI=1S/C15H12F3NO3/c16-15(17,18)11-4-1-10(2-5-11)3-7-13-19-12(9-22-13)6-8-14(20)21/h1-5,7,9H,6,8H2,(H,20,21)/b7-3+. The highest BCUT2D eigenvalue weighted by molar-refractivity contribution is 5.67. The van der Waals surface area contributed by atoms with E-state index in [1.165, 1.54) is 24.5 Å². The van der Waals surface area contributed by atoms with Crippen molar-refractivity contribution in [1.29, 1.82) is 0 Å². The van der Waals surface area contributed by atoms with Crippen molar-refractivity contribution in [2.75, 3.05) is 0 Å². The largest absolute Gasteiger partial charge is 0.481 e. The van der Waals surface area contributed by atoms with E-state index in [0.29, 0.717) is 11.3 Å². The van der Waals surface area contributed by atoms with E-state index in [4.69, 9.17) is 9.52 Å². The van der Waals surface area contributed by atoms with E-state index in [9.17, 15) is 18.0 Å². The fourth-order valence-corrected chi connectivity index (χ4v) is 1.70. The van der Waals surface area contributed by atoms with Crippen LogP contribution in [0.2, 0.25) is 0 Å². The summed E-state index contributed by atoms with van der Waals surface area (Å²) >= 11 is 0. The van der Waals surface area contributed by atoms with E-state index in [0.717, 1.165) is 12.1 Å². The molecule has 22 heavy (non-hydrogen) atoms. The van der Waals surface area contributed by atoms with E-state index < -0.39 is 17.7 Å². The Labute approximate surface area is 123 Å². The topological polar surface area (TPSA) is 63.3 Å². The van der Waals surface area contributed by atoms with Crippen molar-refractivity contribution in [1.82, 2.24) is 4.98 Å². The number of hydrogen-bond acceptors (Lipinski definition) is 3. The van der Waals surface area contributed by atoms with Crippen molar-refractivity contribution in [2.45, 2.75) is 19.0 Å². The van der Waals surface area contributed by atoms with Crippen molar-refractivity contribution >= 4 is 18.1 Å². The van der Waals surface area contributed by atoms with Gasteiger partial charge in [-0.3, -0.25) is 4.79 Å². The summed E-state index contributed by atoms with van der Waals surface area (Å²) in [4.78, 5) is 14.5. The molecule has 2 aromatic rings. The summed E-state index contributed by atoms with van der Waals surface area (Å²) in [5, 5.41) is 8.56. The normalized spacial score (nSPS) is 12.0. The first-order valence-corrected chi connectivity index (χ1v) is 6.36. The Morgan fingerprint density at radius 1 is 1.23 bits per heavy atom. The van der Waals surface area contributed by atoms with Gasteiger partial charge in [0.05, 0.1) is 17.7 Å². The lowest BCUT2D eigenvalue weighted by atomic mass is 10.1. The van der Waals surface area contributed by atoms with Crippen LogP contribution in [-0.4, -0.2) is 16.1 Å². The number of aromatic nitrogens is 1. The molecule has 0 amide bonds. The smallest absolute Gasteiger partial charge is 0.416 e. The maximum atomic E-state index is 12.4. The number of oxazole rings is 1. The van der Waals surface area contributed by atoms with Crippen molar-refractivity contribution in [3.05, 3.63) is 53.2 Å². The van der Waals surface area contributed by atoms with Gasteiger partial charge in [-0.1, -0.05) is 12.1 Å². The predicted octanol–water partition coefficient (Wildman–Crippen LogP) is 3.88. The van der Waals surface area contributed by atoms with E-state index in [1.54, 1.807) is 6.08 Å². The Balaban J connectivity index is 2.01. The summed E-state index contributed by atoms with van der Waals surface area (Å²) in [5.74, 6) is -0.662. The quantitative estimate of drug-likeness (QED) is 0.910. The minimum atomic E-state index is -4.36. The summed E-state index contributed by atoms with van der Waals surface area (Å²) in [6.45, 7) is 0. The molecule has 0 atom stereocenters. The van der Waals surface area contributed by atoms with Gasteiger partial charge in [0.2, 0.25) is 5.89 Å². The highest BCUT2D eigenvalue weighted by Gasteiger charge is 2.29. The van der Waals surface area contributed by atoms with Gasteiger partial charge in [-0.05, 0) is 23.8 Å². The van der Waals surface area contributed by atoms with Crippen molar-refractivity contribution in [3.63, 3.8) is 0 Å². The van der Waals surface area contributed by atoms with Crippen LogP contribution in [-0.2, 0) is 17.4 Å². The Morgan fingerprint density at radius 3 is 2.50 bits per heavy atom. The average Bonchev–Trinajstić information content (AvgIpc) is 2.90. The van der Waals surface area contributed by atoms with Crippen LogP contribution in [0.4, 0.5) is 13.2 Å². The predicted molar refractivity (Wildman–Crippen MR) is 72.8 cm³/mol. The molecule has 0 bridgehead atoms. The Hall–Kier alpha value is -2.57. The lowest BCUT2D eigenvalue weighted by Crippen LogP contribution is -2.03. The van der Waals surface area contributed by atoms with Crippen LogP contribution in [0.3, 0.4) is 0 Å². The lowest BCUT2D eigenvalue weighted by Gasteiger charge is -2.05. The molecule has 0 saturated carbocycles. The number of alkyl halides is 3. The number of nitrogens with zero attached hydrogens (tertiary/aromatic N) is 1. The maximum absolute atomic E-state index is 12.4. The highest BCUT2D eigenvalue weighted by atomic mass is 19.4. The first-order chi connectivity index (χ1) is 10.3. The molecule has 0 aliphatic heterocycles. The number of carboxylic acid groups (broad SMARTS) is 1. The maximum Gasteiger partial charge on any atom is 0.416 e. The third-order valence-electron chi connectivity index (χ3n) is 2.82. The molecular formula is C15H12F3NO3. The van der Waals surface area contributed by atoms with Gasteiger partial charge in [0.1, 0.15) is 6.26 Å². The molecule has 0 unspecified atom stereocenters. The molecule has 0 radical (unpaired) electrons. The molecule has 4 nitrogen and oxygen atoms in total. The summed E-state index contributed by atoms with van der Waals surface area (Å²) < 4.78 is 42.4. The second kappa shape index (κ2) is 6.46. The van der Waals surface area contributed by atoms with Crippen LogP contribution in [0.5, 0.6) is 0 Å². The first kappa shape index (κ1) is 15.8. The second-order valence-electron chi connectivity index (χ2n) is 4.52. The van der Waals surface area contributed by atoms with Gasteiger partial charge in [-0.25, -0.2) is 4.98 Å². The minimum absolute atomic E-state index is 0.0470. The Kier molecular flexibility index (Phi) is 4.65. The molecule has 0 aliphatic carbocycles. The average molecular weight is 311 g/mol. The number of carbonyl (C=O) groups is 1. The SMILES string of the molecule is O=C(O)CCc1coc(/C=C/c2ccc(C(F)(F)F)cc2)n1. The van der Waals surface area contributed by atoms with Crippen LogP contribution < -0.4 is 0 Å². The monoisotopic (exact) mass is 311 g/mol. The minimum Gasteiger partial charge on any atom is -0.481 e. The van der Waals surface area contributed by atoms with Crippen LogP contribution in [0.25, 0.3) is 12.2 Å². The van der Waals surface area contributed by atoms with Gasteiger partial charge in [0, 0.05) is 12.5 Å². The Morgan fingerprint density at radius 2 is 1.91 bits per heavy atom. The van der Waals surface area contributed by atoms with E-state index in [1.807, 2.05) is 0 Å². The molecule has 1 aromatic carbocycles. The third-order valence-corrected chi connectivity index (χ3v) is 2.82. The van der Waals surface area contributed by atoms with Gasteiger partial charge < -0.3 is 9.52 Å². The fourth-order valence-electron chi connectivity index (χ4n) is 1.70. The molecule has 0 spiro atoms. The highest BCUT2D eigenvalue weighted by Crippen LogP contribution is 2.29. The lowest BCUT2D eigenvalue weighted by molar-refractivity contribution is -0.138. The van der Waals surface area contributed by atoms with Crippen molar-refractivity contribution in [2.24, 2.45) is 0 Å². The van der Waals surface area contributed by atoms with Crippen LogP contribution in [0.15, 0.2) is 34.9 Å². The number of carboxylic acids is 1. The molecule has 1 heterocycles. The van der Waals surface area contributed by atoms with Gasteiger partial charge in [0.25, 0.3) is 0 Å². The summed E-state index contributed by atoms with van der Waals surface area (Å²) in [6.07, 6.45) is 0.278. The first-order valence-electron chi connectivity index (χ1n) is 6.36. The number of aryl methyl sites for hydroxylation is 1. The molecule has 0 fully saturated rings. The second-order valence-corrected chi connectivity index (χ2v) is 4.52. The van der Waals surface area contributed by atoms with Gasteiger partial charge in [0.15, 0.2) is 0 Å². The fraction of sp³-hybridized carbons (Fsp3) is 0.200. The zero-order valence-corrected chi connectivity index (χ0v) is 11.3. The van der Waals surface area contributed by atoms with Crippen LogP contribution in [0.1, 0.15) is 29.1 Å². The molecule has 7 heteroatoms. The number of hydrogen-bond donors (Lipinski definition) is 1. The van der Waals surface area contributed by atoms with Gasteiger partial charge in [-0.2, -0.15) is 13.2 Å². The van der Waals surface area contributed by atoms with Crippen LogP contribution >= 0.6 is 0 Å². The van der Waals surface area contributed by atoms with E-state index in [2.05, 4.69) is 4.98 Å². The van der Waals surface area contributed by atoms with E-state index in [-0.39, 0.29) is 18.7 Å². The zero-order valence-electron chi connectivity index (χ0n) is 11.3. The van der Waals surface area contributed by atoms with Crippen molar-refractivity contribution in [3.8, 4) is 0 Å². The van der Waals surface area contributed by atoms with E-state index >= 15 is 0 Å². The molecule has 0 aliphatic rings. The van der Waals surface area contributed by atoms with Gasteiger partial charge >= 0.3 is 12.1 Å². The zero-order chi connectivity index (χ0) is 16.2. The number of benzene rings is 1. The van der Waals surface area contributed by atoms with Crippen LogP contribution in [0, 0.1) is 0 Å². The molecule has 1 aromatic heterocycles.